The van der Waals surface area contributed by atoms with Crippen LogP contribution in [0.4, 0.5) is 0 Å². The number of rotatable bonds is 8. The average Bonchev–Trinajstić information content (AvgIpc) is 3.15. The minimum Gasteiger partial charge on any atom is -0.507 e. The summed E-state index contributed by atoms with van der Waals surface area (Å²) in [5.74, 6) is 4.14. The van der Waals surface area contributed by atoms with Crippen molar-refractivity contribution in [3.63, 3.8) is 0 Å². The van der Waals surface area contributed by atoms with Crippen LogP contribution < -0.4 is 0 Å². The predicted molar refractivity (Wildman–Crippen MR) is 120 cm³/mol. The molecule has 0 aromatic heterocycles. The second kappa shape index (κ2) is 9.00. The van der Waals surface area contributed by atoms with Crippen LogP contribution in [0.1, 0.15) is 24.8 Å². The topological polar surface area (TPSA) is 86.9 Å². The lowest BCUT2D eigenvalue weighted by molar-refractivity contribution is -0.148. The Labute approximate surface area is 184 Å². The van der Waals surface area contributed by atoms with Gasteiger partial charge >= 0.3 is 5.97 Å². The summed E-state index contributed by atoms with van der Waals surface area (Å²) in [5, 5.41) is 19.2. The van der Waals surface area contributed by atoms with E-state index < -0.39 is 5.66 Å². The average molecular weight is 445 g/mol. The molecule has 7 nitrogen and oxygen atoms in total. The van der Waals surface area contributed by atoms with Crippen molar-refractivity contribution in [2.75, 3.05) is 25.2 Å². The van der Waals surface area contributed by atoms with Gasteiger partial charge in [0.2, 0.25) is 0 Å². The standard InChI is InChI=1S/C21H24N4O3S2/c1-3-4-9-21(23-24-21)10-11-28-20(27)16-13-30-19(25(16)2)15-12-29-18(22-15)14-7-5-6-8-17(14)26/h1,5-8,15-16,19,26H,4,9-13H2,2H3/t15-,16-,19+/m1/s1. The van der Waals surface area contributed by atoms with Gasteiger partial charge in [-0.25, -0.2) is 0 Å². The number of aliphatic imine (C=N–C) groups is 1. The number of phenols is 1. The van der Waals surface area contributed by atoms with Crippen LogP contribution in [-0.2, 0) is 9.53 Å². The van der Waals surface area contributed by atoms with Gasteiger partial charge in [-0.3, -0.25) is 14.7 Å². The molecule has 3 aliphatic heterocycles. The Bertz CT molecular complexity index is 908. The second-order valence-corrected chi connectivity index (χ2v) is 9.70. The van der Waals surface area contributed by atoms with Crippen LogP contribution in [0.15, 0.2) is 39.5 Å². The highest BCUT2D eigenvalue weighted by Crippen LogP contribution is 2.39. The van der Waals surface area contributed by atoms with E-state index in [0.29, 0.717) is 31.6 Å². The molecule has 30 heavy (non-hydrogen) atoms. The molecular formula is C21H24N4O3S2. The zero-order valence-corrected chi connectivity index (χ0v) is 18.4. The van der Waals surface area contributed by atoms with Gasteiger partial charge in [-0.05, 0) is 19.2 Å². The third-order valence-electron chi connectivity index (χ3n) is 5.53. The number of likely N-dealkylation sites (N-methyl/N-ethyl adjacent to an activating group) is 1. The Morgan fingerprint density at radius 3 is 2.90 bits per heavy atom. The Hall–Kier alpha value is -2.02. The molecule has 158 valence electrons. The molecule has 0 aliphatic carbocycles. The minimum absolute atomic E-state index is 0.0634. The molecule has 1 fully saturated rings. The van der Waals surface area contributed by atoms with Gasteiger partial charge in [-0.1, -0.05) is 12.1 Å². The molecule has 0 saturated carbocycles. The number of thioether (sulfide) groups is 2. The predicted octanol–water partition coefficient (Wildman–Crippen LogP) is 3.14. The van der Waals surface area contributed by atoms with Crippen LogP contribution in [-0.4, -0.2) is 69.3 Å². The molecule has 4 rings (SSSR count). The first kappa shape index (κ1) is 21.2. The monoisotopic (exact) mass is 444 g/mol. The first-order valence-electron chi connectivity index (χ1n) is 9.90. The van der Waals surface area contributed by atoms with Crippen LogP contribution in [0.5, 0.6) is 5.75 Å². The van der Waals surface area contributed by atoms with Gasteiger partial charge in [-0.15, -0.1) is 35.9 Å². The number of benzene rings is 1. The van der Waals surface area contributed by atoms with E-state index in [1.807, 2.05) is 19.2 Å². The van der Waals surface area contributed by atoms with E-state index in [-0.39, 0.29) is 29.2 Å². The smallest absolute Gasteiger partial charge is 0.324 e. The summed E-state index contributed by atoms with van der Waals surface area (Å²) in [5.41, 5.74) is 0.335. The highest BCUT2D eigenvalue weighted by atomic mass is 32.2. The molecule has 1 aromatic rings. The van der Waals surface area contributed by atoms with Crippen molar-refractivity contribution < 1.29 is 14.6 Å². The van der Waals surface area contributed by atoms with Gasteiger partial charge in [0.25, 0.3) is 0 Å². The Balaban J connectivity index is 1.30. The van der Waals surface area contributed by atoms with E-state index in [2.05, 4.69) is 21.0 Å². The summed E-state index contributed by atoms with van der Waals surface area (Å²) in [6.07, 6.45) is 7.21. The molecular weight excluding hydrogens is 420 g/mol. The van der Waals surface area contributed by atoms with Crippen LogP contribution in [0.3, 0.4) is 0 Å². The third kappa shape index (κ3) is 4.51. The van der Waals surface area contributed by atoms with Gasteiger partial charge in [-0.2, -0.15) is 10.2 Å². The lowest BCUT2D eigenvalue weighted by Gasteiger charge is -2.26. The van der Waals surface area contributed by atoms with Crippen molar-refractivity contribution in [1.29, 1.82) is 0 Å². The number of para-hydroxylation sites is 1. The molecule has 1 saturated heterocycles. The van der Waals surface area contributed by atoms with Crippen LogP contribution in [0, 0.1) is 12.3 Å². The van der Waals surface area contributed by atoms with Crippen molar-refractivity contribution in [2.24, 2.45) is 15.2 Å². The van der Waals surface area contributed by atoms with Gasteiger partial charge in [0.05, 0.1) is 18.0 Å². The van der Waals surface area contributed by atoms with E-state index in [0.717, 1.165) is 16.4 Å². The molecule has 0 spiro atoms. The molecule has 3 aliphatic rings. The summed E-state index contributed by atoms with van der Waals surface area (Å²) >= 11 is 3.38. The van der Waals surface area contributed by atoms with Crippen molar-refractivity contribution in [3.8, 4) is 18.1 Å². The molecule has 3 atom stereocenters. The number of carbonyl (C=O) groups is 1. The lowest BCUT2D eigenvalue weighted by Crippen LogP contribution is -2.43. The zero-order chi connectivity index (χ0) is 21.1. The summed E-state index contributed by atoms with van der Waals surface area (Å²) < 4.78 is 5.53. The fourth-order valence-electron chi connectivity index (χ4n) is 3.64. The number of ether oxygens (including phenoxy) is 1. The maximum atomic E-state index is 12.6. The number of hydrogen-bond donors (Lipinski definition) is 1. The van der Waals surface area contributed by atoms with Gasteiger partial charge in [0.1, 0.15) is 16.8 Å². The van der Waals surface area contributed by atoms with Crippen molar-refractivity contribution in [2.45, 2.75) is 42.4 Å². The van der Waals surface area contributed by atoms with Gasteiger partial charge < -0.3 is 9.84 Å². The number of carbonyl (C=O) groups excluding carboxylic acids is 1. The number of aromatic hydroxyl groups is 1. The third-order valence-corrected chi connectivity index (χ3v) is 8.13. The fraction of sp³-hybridized carbons (Fsp3) is 0.524. The molecule has 0 unspecified atom stereocenters. The summed E-state index contributed by atoms with van der Waals surface area (Å²) in [6, 6.07) is 7.03. The first-order chi connectivity index (χ1) is 14.5. The number of terminal acetylenes is 1. The Kier molecular flexibility index (Phi) is 6.37. The normalized spacial score (nSPS) is 26.9. The maximum Gasteiger partial charge on any atom is 0.324 e. The highest BCUT2D eigenvalue weighted by Gasteiger charge is 2.43. The van der Waals surface area contributed by atoms with E-state index >= 15 is 0 Å². The number of hydrogen-bond acceptors (Lipinski definition) is 9. The summed E-state index contributed by atoms with van der Waals surface area (Å²) in [7, 11) is 1.95. The zero-order valence-electron chi connectivity index (χ0n) is 16.7. The maximum absolute atomic E-state index is 12.6. The molecule has 1 N–H and O–H groups in total. The number of nitrogens with zero attached hydrogens (tertiary/aromatic N) is 4. The largest absolute Gasteiger partial charge is 0.507 e. The molecule has 0 radical (unpaired) electrons. The van der Waals surface area contributed by atoms with Crippen molar-refractivity contribution in [1.82, 2.24) is 4.90 Å². The SMILES string of the molecule is C#CCCC1(CCOC(=O)[C@H]2CS[C@@H]([C@H]3CSC(c4ccccc4O)=N3)N2C)N=N1. The van der Waals surface area contributed by atoms with E-state index in [4.69, 9.17) is 16.2 Å². The lowest BCUT2D eigenvalue weighted by atomic mass is 10.1. The quantitative estimate of drug-likeness (QED) is 0.490. The molecule has 0 amide bonds. The van der Waals surface area contributed by atoms with E-state index in [9.17, 15) is 9.90 Å². The minimum atomic E-state index is -0.430. The van der Waals surface area contributed by atoms with Crippen molar-refractivity contribution >= 4 is 34.5 Å². The molecule has 0 bridgehead atoms. The number of esters is 1. The van der Waals surface area contributed by atoms with E-state index in [1.54, 1.807) is 35.7 Å². The Morgan fingerprint density at radius 1 is 1.37 bits per heavy atom. The van der Waals surface area contributed by atoms with Crippen LogP contribution in [0.25, 0.3) is 0 Å². The fourth-order valence-corrected chi connectivity index (χ4v) is 6.39. The summed E-state index contributed by atoms with van der Waals surface area (Å²) in [6.45, 7) is 0.297. The van der Waals surface area contributed by atoms with Gasteiger partial charge in [0.15, 0.2) is 5.66 Å². The Morgan fingerprint density at radius 2 is 2.17 bits per heavy atom. The first-order valence-corrected chi connectivity index (χ1v) is 11.9. The highest BCUT2D eigenvalue weighted by molar-refractivity contribution is 8.14. The molecule has 1 aromatic carbocycles. The molecule has 3 heterocycles. The second-order valence-electron chi connectivity index (χ2n) is 7.54. The van der Waals surface area contributed by atoms with Crippen LogP contribution in [0.2, 0.25) is 0 Å². The van der Waals surface area contributed by atoms with Gasteiger partial charge in [0, 0.05) is 36.3 Å². The van der Waals surface area contributed by atoms with Crippen molar-refractivity contribution in [3.05, 3.63) is 29.8 Å². The molecule has 9 heteroatoms. The van der Waals surface area contributed by atoms with E-state index in [1.165, 1.54) is 0 Å². The van der Waals surface area contributed by atoms with Crippen LogP contribution >= 0.6 is 23.5 Å². The number of phenolic OH excluding ortho intramolecular Hbond substituents is 1. The summed E-state index contributed by atoms with van der Waals surface area (Å²) in [4.78, 5) is 19.5.